The highest BCUT2D eigenvalue weighted by Gasteiger charge is 2.22. The molecule has 0 aliphatic carbocycles. The number of hydrogen-bond donors (Lipinski definition) is 1. The molecular formula is C20H21N3O4S. The van der Waals surface area contributed by atoms with Crippen LogP contribution in [-0.2, 0) is 14.9 Å². The predicted octanol–water partition coefficient (Wildman–Crippen LogP) is 3.72. The molecule has 0 saturated heterocycles. The maximum absolute atomic E-state index is 12.7. The van der Waals surface area contributed by atoms with Crippen molar-refractivity contribution in [3.63, 3.8) is 0 Å². The van der Waals surface area contributed by atoms with E-state index < -0.39 is 10.1 Å². The van der Waals surface area contributed by atoms with Gasteiger partial charge < -0.3 is 9.50 Å². The number of aromatic nitrogens is 2. The molecule has 0 unspecified atom stereocenters. The number of rotatable bonds is 6. The van der Waals surface area contributed by atoms with E-state index in [4.69, 9.17) is 4.18 Å². The van der Waals surface area contributed by atoms with Crippen LogP contribution in [0.25, 0.3) is 5.69 Å². The molecule has 0 saturated carbocycles. The maximum atomic E-state index is 12.7. The summed E-state index contributed by atoms with van der Waals surface area (Å²) in [6.45, 7) is 5.32. The summed E-state index contributed by atoms with van der Waals surface area (Å²) < 4.78 is 32.4. The van der Waals surface area contributed by atoms with Crippen LogP contribution in [0.4, 0.5) is 5.69 Å². The van der Waals surface area contributed by atoms with Crippen LogP contribution in [0.1, 0.15) is 32.4 Å². The van der Waals surface area contributed by atoms with Crippen molar-refractivity contribution >= 4 is 21.7 Å². The number of amides is 1. The molecule has 1 aromatic heterocycles. The Hall–Kier alpha value is -3.13. The average Bonchev–Trinajstić information content (AvgIpc) is 3.06. The maximum Gasteiger partial charge on any atom is 0.340 e. The van der Waals surface area contributed by atoms with Crippen molar-refractivity contribution in [1.82, 2.24) is 9.78 Å². The lowest BCUT2D eigenvalue weighted by atomic mass is 10.1. The lowest BCUT2D eigenvalue weighted by molar-refractivity contribution is -0.114. The molecule has 1 N–H and O–H groups in total. The summed E-state index contributed by atoms with van der Waals surface area (Å²) >= 11 is 0. The lowest BCUT2D eigenvalue weighted by Crippen LogP contribution is -2.13. The van der Waals surface area contributed by atoms with Crippen LogP contribution in [0, 0.1) is 0 Å². The molecular weight excluding hydrogens is 378 g/mol. The smallest absolute Gasteiger partial charge is 0.340 e. The fourth-order valence-electron chi connectivity index (χ4n) is 2.55. The van der Waals surface area contributed by atoms with Crippen molar-refractivity contribution in [2.75, 3.05) is 5.32 Å². The molecule has 0 bridgehead atoms. The molecule has 7 nitrogen and oxygen atoms in total. The summed E-state index contributed by atoms with van der Waals surface area (Å²) in [5.74, 6) is -0.0207. The molecule has 0 radical (unpaired) electrons. The van der Waals surface area contributed by atoms with Gasteiger partial charge in [-0.25, -0.2) is 0 Å². The quantitative estimate of drug-likeness (QED) is 0.638. The van der Waals surface area contributed by atoms with E-state index >= 15 is 0 Å². The van der Waals surface area contributed by atoms with Gasteiger partial charge in [-0.1, -0.05) is 32.0 Å². The molecule has 146 valence electrons. The number of nitrogens with zero attached hydrogens (tertiary/aromatic N) is 2. The van der Waals surface area contributed by atoms with Gasteiger partial charge in [0.25, 0.3) is 0 Å². The summed E-state index contributed by atoms with van der Waals surface area (Å²) in [7, 11) is -4.07. The van der Waals surface area contributed by atoms with E-state index in [0.717, 1.165) is 5.69 Å². The second-order valence-electron chi connectivity index (χ2n) is 6.55. The summed E-state index contributed by atoms with van der Waals surface area (Å²) in [6.07, 6.45) is 0. The first-order chi connectivity index (χ1) is 13.3. The van der Waals surface area contributed by atoms with Crippen molar-refractivity contribution in [2.24, 2.45) is 0 Å². The first kappa shape index (κ1) is 19.6. The van der Waals surface area contributed by atoms with Gasteiger partial charge in [0, 0.05) is 18.7 Å². The summed E-state index contributed by atoms with van der Waals surface area (Å²) in [5.41, 5.74) is 1.92. The van der Waals surface area contributed by atoms with E-state index in [9.17, 15) is 13.2 Å². The topological polar surface area (TPSA) is 90.3 Å². The lowest BCUT2D eigenvalue weighted by Gasteiger charge is -2.10. The van der Waals surface area contributed by atoms with Crippen LogP contribution in [-0.4, -0.2) is 24.1 Å². The minimum atomic E-state index is -4.07. The van der Waals surface area contributed by atoms with Crippen LogP contribution in [0.5, 0.6) is 5.88 Å². The third-order valence-corrected chi connectivity index (χ3v) is 5.19. The minimum Gasteiger partial charge on any atom is -0.358 e. The van der Waals surface area contributed by atoms with Gasteiger partial charge in [0.05, 0.1) is 11.4 Å². The Labute approximate surface area is 164 Å². The highest BCUT2D eigenvalue weighted by Crippen LogP contribution is 2.27. The van der Waals surface area contributed by atoms with Gasteiger partial charge in [-0.3, -0.25) is 4.79 Å². The van der Waals surface area contributed by atoms with Crippen LogP contribution in [0.2, 0.25) is 0 Å². The van der Waals surface area contributed by atoms with E-state index in [-0.39, 0.29) is 22.6 Å². The minimum absolute atomic E-state index is 0.0199. The van der Waals surface area contributed by atoms with Gasteiger partial charge in [0.1, 0.15) is 4.90 Å². The molecule has 0 fully saturated rings. The zero-order chi connectivity index (χ0) is 20.3. The molecule has 1 heterocycles. The molecule has 1 amide bonds. The Morgan fingerprint density at radius 1 is 1.07 bits per heavy atom. The number of carbonyl (C=O) groups is 1. The second kappa shape index (κ2) is 7.85. The summed E-state index contributed by atoms with van der Waals surface area (Å²) in [4.78, 5) is 11.1. The van der Waals surface area contributed by atoms with E-state index in [1.807, 2.05) is 44.2 Å². The monoisotopic (exact) mass is 399 g/mol. The van der Waals surface area contributed by atoms with Gasteiger partial charge >= 0.3 is 10.1 Å². The van der Waals surface area contributed by atoms with Crippen LogP contribution in [0.15, 0.2) is 65.6 Å². The first-order valence-corrected chi connectivity index (χ1v) is 10.1. The Kier molecular flexibility index (Phi) is 5.51. The zero-order valence-electron chi connectivity index (χ0n) is 15.8. The number of hydrogen-bond acceptors (Lipinski definition) is 5. The van der Waals surface area contributed by atoms with Crippen molar-refractivity contribution in [3.8, 4) is 11.6 Å². The molecule has 8 heteroatoms. The molecule has 0 spiro atoms. The van der Waals surface area contributed by atoms with Crippen LogP contribution < -0.4 is 9.50 Å². The molecule has 3 rings (SSSR count). The van der Waals surface area contributed by atoms with Crippen molar-refractivity contribution in [1.29, 1.82) is 0 Å². The van der Waals surface area contributed by atoms with Crippen molar-refractivity contribution in [3.05, 3.63) is 66.4 Å². The third-order valence-electron chi connectivity index (χ3n) is 3.95. The second-order valence-corrected chi connectivity index (χ2v) is 8.10. The van der Waals surface area contributed by atoms with Crippen LogP contribution >= 0.6 is 0 Å². The number of anilines is 1. The Bertz CT molecular complexity index is 1070. The van der Waals surface area contributed by atoms with E-state index in [0.29, 0.717) is 11.4 Å². The molecule has 0 aliphatic rings. The van der Waals surface area contributed by atoms with Gasteiger partial charge in [-0.15, -0.1) is 0 Å². The van der Waals surface area contributed by atoms with Gasteiger partial charge in [0.15, 0.2) is 0 Å². The highest BCUT2D eigenvalue weighted by molar-refractivity contribution is 7.87. The fourth-order valence-corrected chi connectivity index (χ4v) is 3.45. The predicted molar refractivity (Wildman–Crippen MR) is 106 cm³/mol. The SMILES string of the molecule is CC(=O)Nc1ccc(S(=O)(=O)Oc2cc(C(C)C)nn2-c2ccccc2)cc1. The molecule has 0 aliphatic heterocycles. The first-order valence-electron chi connectivity index (χ1n) is 8.74. The Morgan fingerprint density at radius 2 is 1.71 bits per heavy atom. The van der Waals surface area contributed by atoms with Gasteiger partial charge in [-0.05, 0) is 42.3 Å². The Morgan fingerprint density at radius 3 is 2.29 bits per heavy atom. The average molecular weight is 399 g/mol. The number of nitrogens with one attached hydrogen (secondary N) is 1. The summed E-state index contributed by atoms with van der Waals surface area (Å²) in [6, 6.07) is 16.6. The Balaban J connectivity index is 1.94. The van der Waals surface area contributed by atoms with E-state index in [2.05, 4.69) is 10.4 Å². The number of para-hydroxylation sites is 1. The fraction of sp³-hybridized carbons (Fsp3) is 0.200. The normalized spacial score (nSPS) is 11.4. The van der Waals surface area contributed by atoms with E-state index in [1.165, 1.54) is 35.9 Å². The molecule has 28 heavy (non-hydrogen) atoms. The highest BCUT2D eigenvalue weighted by atomic mass is 32.2. The van der Waals surface area contributed by atoms with E-state index in [1.54, 1.807) is 6.07 Å². The number of carbonyl (C=O) groups excluding carboxylic acids is 1. The summed E-state index contributed by atoms with van der Waals surface area (Å²) in [5, 5.41) is 7.08. The number of benzene rings is 2. The van der Waals surface area contributed by atoms with Crippen molar-refractivity contribution < 1.29 is 17.4 Å². The zero-order valence-corrected chi connectivity index (χ0v) is 16.6. The van der Waals surface area contributed by atoms with Gasteiger partial charge in [0.2, 0.25) is 11.8 Å². The standard InChI is InChI=1S/C20H21N3O4S/c1-14(2)19-13-20(23(22-19)17-7-5-4-6-8-17)27-28(25,26)18-11-9-16(10-12-18)21-15(3)24/h4-14H,1-3H3,(H,21,24). The molecule has 3 aromatic rings. The van der Waals surface area contributed by atoms with Crippen LogP contribution in [0.3, 0.4) is 0 Å². The third kappa shape index (κ3) is 4.40. The largest absolute Gasteiger partial charge is 0.358 e. The molecule has 0 atom stereocenters. The van der Waals surface area contributed by atoms with Gasteiger partial charge in [-0.2, -0.15) is 18.2 Å². The van der Waals surface area contributed by atoms with Crippen molar-refractivity contribution in [2.45, 2.75) is 31.6 Å². The molecule has 2 aromatic carbocycles.